The Morgan fingerprint density at radius 2 is 1.50 bits per heavy atom. The quantitative estimate of drug-likeness (QED) is 0.689. The Labute approximate surface area is 107 Å². The van der Waals surface area contributed by atoms with E-state index in [0.29, 0.717) is 13.1 Å². The fourth-order valence-electron chi connectivity index (χ4n) is 0.831. The Morgan fingerprint density at radius 1 is 1.11 bits per heavy atom. The number of carbonyl (C=O) groups excluding carboxylic acids is 2. The maximum Gasteiger partial charge on any atom is 0.246 e. The van der Waals surface area contributed by atoms with E-state index in [1.165, 1.54) is 11.0 Å². The van der Waals surface area contributed by atoms with Crippen molar-refractivity contribution in [2.45, 2.75) is 12.8 Å². The van der Waals surface area contributed by atoms with Crippen LogP contribution < -0.4 is 5.73 Å². The highest BCUT2D eigenvalue weighted by molar-refractivity contribution is 5.87. The van der Waals surface area contributed by atoms with Gasteiger partial charge in [-0.05, 0) is 12.2 Å². The normalized spacial score (nSPS) is 7.67. The van der Waals surface area contributed by atoms with Gasteiger partial charge >= 0.3 is 0 Å². The molecule has 0 radical (unpaired) electrons. The summed E-state index contributed by atoms with van der Waals surface area (Å²) >= 11 is 0. The van der Waals surface area contributed by atoms with Gasteiger partial charge in [0.1, 0.15) is 0 Å². The molecule has 0 rings (SSSR count). The summed E-state index contributed by atoms with van der Waals surface area (Å²) in [5.74, 6) is -0.712. The van der Waals surface area contributed by atoms with Crippen molar-refractivity contribution in [2.24, 2.45) is 5.73 Å². The van der Waals surface area contributed by atoms with Crippen LogP contribution in [0.2, 0.25) is 0 Å². The number of primary amides is 1. The van der Waals surface area contributed by atoms with E-state index in [2.05, 4.69) is 18.9 Å². The first-order chi connectivity index (χ1) is 8.53. The smallest absolute Gasteiger partial charge is 0.246 e. The van der Waals surface area contributed by atoms with Crippen molar-refractivity contribution in [2.75, 3.05) is 13.1 Å². The number of amides is 2. The monoisotopic (exact) mass is 248 g/mol. The maximum absolute atomic E-state index is 11.1. The number of nitriles is 2. The predicted molar refractivity (Wildman–Crippen MR) is 66.6 cm³/mol. The first kappa shape index (κ1) is 17.8. The molecule has 0 aromatic rings. The second-order valence-electron chi connectivity index (χ2n) is 2.95. The minimum atomic E-state index is -0.481. The number of nitrogens with two attached hydrogens (primary N) is 1. The summed E-state index contributed by atoms with van der Waals surface area (Å²) in [4.78, 5) is 22.0. The molecule has 96 valence electrons. The van der Waals surface area contributed by atoms with Gasteiger partial charge in [0.05, 0.1) is 25.0 Å². The molecule has 0 heterocycles. The summed E-state index contributed by atoms with van der Waals surface area (Å²) < 4.78 is 0. The average Bonchev–Trinajstić information content (AvgIpc) is 2.38. The molecule has 0 aromatic carbocycles. The number of hydrogen-bond donors (Lipinski definition) is 1. The van der Waals surface area contributed by atoms with Crippen LogP contribution in [0.3, 0.4) is 0 Å². The predicted octanol–water partition coefficient (Wildman–Crippen LogP) is 0.486. The molecule has 0 aromatic heterocycles. The van der Waals surface area contributed by atoms with Crippen molar-refractivity contribution in [3.8, 4) is 12.1 Å². The molecule has 18 heavy (non-hydrogen) atoms. The number of rotatable bonds is 6. The highest BCUT2D eigenvalue weighted by Gasteiger charge is 2.08. The van der Waals surface area contributed by atoms with Gasteiger partial charge in [0.15, 0.2) is 0 Å². The molecule has 0 bridgehead atoms. The molecule has 0 aliphatic rings. The molecule has 0 unspecified atom stereocenters. The first-order valence-electron chi connectivity index (χ1n) is 5.10. The topological polar surface area (TPSA) is 111 Å². The highest BCUT2D eigenvalue weighted by Crippen LogP contribution is 1.95. The Bertz CT molecular complexity index is 359. The van der Waals surface area contributed by atoms with Crippen LogP contribution in [0.1, 0.15) is 12.8 Å². The minimum Gasteiger partial charge on any atom is -0.366 e. The fourth-order valence-corrected chi connectivity index (χ4v) is 0.831. The van der Waals surface area contributed by atoms with Crippen LogP contribution >= 0.6 is 0 Å². The van der Waals surface area contributed by atoms with Crippen molar-refractivity contribution in [1.82, 2.24) is 4.90 Å². The molecule has 0 aliphatic heterocycles. The Kier molecular flexibility index (Phi) is 12.3. The van der Waals surface area contributed by atoms with Gasteiger partial charge in [-0.25, -0.2) is 0 Å². The van der Waals surface area contributed by atoms with Crippen LogP contribution in [-0.2, 0) is 9.59 Å². The molecule has 0 aliphatic carbocycles. The number of carbonyl (C=O) groups is 2. The lowest BCUT2D eigenvalue weighted by Crippen LogP contribution is -2.31. The molecule has 0 fully saturated rings. The van der Waals surface area contributed by atoms with E-state index in [1.807, 2.05) is 12.1 Å². The maximum atomic E-state index is 11.1. The molecule has 2 N–H and O–H groups in total. The van der Waals surface area contributed by atoms with Gasteiger partial charge in [-0.3, -0.25) is 9.59 Å². The largest absolute Gasteiger partial charge is 0.366 e. The second-order valence-corrected chi connectivity index (χ2v) is 2.95. The SMILES string of the molecule is C=CC(=O)N(CCC#N)CCC#N.C=CC(N)=O. The zero-order chi connectivity index (χ0) is 14.4. The molecule has 2 amide bonds. The first-order valence-corrected chi connectivity index (χ1v) is 5.10. The molecular weight excluding hydrogens is 232 g/mol. The van der Waals surface area contributed by atoms with Crippen LogP contribution in [-0.4, -0.2) is 29.8 Å². The van der Waals surface area contributed by atoms with Gasteiger partial charge < -0.3 is 10.6 Å². The van der Waals surface area contributed by atoms with Crippen molar-refractivity contribution in [3.05, 3.63) is 25.3 Å². The van der Waals surface area contributed by atoms with Gasteiger partial charge in [0.25, 0.3) is 0 Å². The van der Waals surface area contributed by atoms with E-state index in [9.17, 15) is 9.59 Å². The lowest BCUT2D eigenvalue weighted by atomic mass is 10.3. The number of hydrogen-bond acceptors (Lipinski definition) is 4. The van der Waals surface area contributed by atoms with Crippen LogP contribution in [0.25, 0.3) is 0 Å². The molecule has 0 atom stereocenters. The van der Waals surface area contributed by atoms with Crippen molar-refractivity contribution < 1.29 is 9.59 Å². The summed E-state index contributed by atoms with van der Waals surface area (Å²) in [6.07, 6.45) is 2.81. The lowest BCUT2D eigenvalue weighted by Gasteiger charge is -2.17. The third-order valence-corrected chi connectivity index (χ3v) is 1.67. The van der Waals surface area contributed by atoms with E-state index in [0.717, 1.165) is 6.08 Å². The lowest BCUT2D eigenvalue weighted by molar-refractivity contribution is -0.125. The van der Waals surface area contributed by atoms with Crippen molar-refractivity contribution in [1.29, 1.82) is 10.5 Å². The van der Waals surface area contributed by atoms with Crippen LogP contribution in [0.4, 0.5) is 0 Å². The zero-order valence-electron chi connectivity index (χ0n) is 10.1. The molecule has 0 saturated carbocycles. The molecule has 0 saturated heterocycles. The van der Waals surface area contributed by atoms with Crippen LogP contribution in [0.15, 0.2) is 25.3 Å². The highest BCUT2D eigenvalue weighted by atomic mass is 16.2. The van der Waals surface area contributed by atoms with Crippen LogP contribution in [0, 0.1) is 22.7 Å². The number of nitrogens with zero attached hydrogens (tertiary/aromatic N) is 3. The zero-order valence-corrected chi connectivity index (χ0v) is 10.1. The van der Waals surface area contributed by atoms with Crippen LogP contribution in [0.5, 0.6) is 0 Å². The molecule has 6 nitrogen and oxygen atoms in total. The average molecular weight is 248 g/mol. The van der Waals surface area contributed by atoms with E-state index in [-0.39, 0.29) is 18.7 Å². The van der Waals surface area contributed by atoms with E-state index in [4.69, 9.17) is 10.5 Å². The van der Waals surface area contributed by atoms with E-state index >= 15 is 0 Å². The molecule has 6 heteroatoms. The summed E-state index contributed by atoms with van der Waals surface area (Å²) in [5, 5.41) is 16.6. The second kappa shape index (κ2) is 12.5. The van der Waals surface area contributed by atoms with Gasteiger partial charge in [0, 0.05) is 13.1 Å². The van der Waals surface area contributed by atoms with Gasteiger partial charge in [0.2, 0.25) is 11.8 Å². The van der Waals surface area contributed by atoms with Gasteiger partial charge in [-0.2, -0.15) is 10.5 Å². The third kappa shape index (κ3) is 11.5. The molecule has 0 spiro atoms. The minimum absolute atomic E-state index is 0.231. The molecular formula is C12H16N4O2. The summed E-state index contributed by atoms with van der Waals surface area (Å²) in [6, 6.07) is 3.88. The van der Waals surface area contributed by atoms with Crippen molar-refractivity contribution >= 4 is 11.8 Å². The Hall–Kier alpha value is -2.60. The van der Waals surface area contributed by atoms with Crippen molar-refractivity contribution in [3.63, 3.8) is 0 Å². The van der Waals surface area contributed by atoms with Gasteiger partial charge in [-0.1, -0.05) is 13.2 Å². The fraction of sp³-hybridized carbons (Fsp3) is 0.333. The van der Waals surface area contributed by atoms with E-state index < -0.39 is 5.91 Å². The Morgan fingerprint density at radius 3 is 1.72 bits per heavy atom. The summed E-state index contributed by atoms with van der Waals surface area (Å²) in [7, 11) is 0. The Balaban J connectivity index is 0. The van der Waals surface area contributed by atoms with E-state index in [1.54, 1.807) is 0 Å². The summed E-state index contributed by atoms with van der Waals surface area (Å²) in [5.41, 5.74) is 4.53. The third-order valence-electron chi connectivity index (χ3n) is 1.67. The summed E-state index contributed by atoms with van der Waals surface area (Å²) in [6.45, 7) is 7.15. The van der Waals surface area contributed by atoms with Gasteiger partial charge in [-0.15, -0.1) is 0 Å². The standard InChI is InChI=1S/C9H11N3O.C3H5NO/c1-2-9(13)12(7-3-5-10)8-4-6-11;1-2-3(4)5/h2H,1,3-4,7-8H2;2H,1H2,(H2,4,5).